The smallest absolute Gasteiger partial charge is 0.221 e. The fourth-order valence-corrected chi connectivity index (χ4v) is 3.02. The van der Waals surface area contributed by atoms with E-state index in [4.69, 9.17) is 0 Å². The molecular weight excluding hydrogens is 284 g/mol. The molecule has 1 atom stereocenters. The first kappa shape index (κ1) is 16.1. The zero-order chi connectivity index (χ0) is 14.5. The number of nitrogens with zero attached hydrogens (tertiary/aromatic N) is 1. The number of carbonyl (C=O) groups is 1. The van der Waals surface area contributed by atoms with Gasteiger partial charge in [0, 0.05) is 27.1 Å². The van der Waals surface area contributed by atoms with Crippen LogP contribution in [0.1, 0.15) is 24.8 Å². The molecule has 0 spiro atoms. The number of amides is 1. The van der Waals surface area contributed by atoms with Crippen molar-refractivity contribution < 1.29 is 13.2 Å². The highest BCUT2D eigenvalue weighted by molar-refractivity contribution is 7.89. The fraction of sp³-hybridized carbons (Fsp3) is 0.583. The standard InChI is InChI=1S/C12H20N2O3S2/c1-10(11-4-6-18-9-11)8-13-12(15)5-7-19(16,17)14(2)3/h4,6,9-10H,5,7-8H2,1-3H3,(H,13,15)/t10-/m0/s1. The van der Waals surface area contributed by atoms with Gasteiger partial charge in [0.05, 0.1) is 5.75 Å². The number of carbonyl (C=O) groups excluding carboxylic acids is 1. The molecule has 1 rings (SSSR count). The maximum Gasteiger partial charge on any atom is 0.221 e. The van der Waals surface area contributed by atoms with Gasteiger partial charge in [-0.05, 0) is 28.3 Å². The van der Waals surface area contributed by atoms with Crippen LogP contribution in [0.15, 0.2) is 16.8 Å². The highest BCUT2D eigenvalue weighted by Gasteiger charge is 2.16. The van der Waals surface area contributed by atoms with Crippen LogP contribution in [-0.2, 0) is 14.8 Å². The van der Waals surface area contributed by atoms with Crippen LogP contribution in [0.4, 0.5) is 0 Å². The minimum Gasteiger partial charge on any atom is -0.355 e. The first-order valence-corrected chi connectivity index (χ1v) is 8.57. The Kier molecular flexibility index (Phi) is 5.96. The summed E-state index contributed by atoms with van der Waals surface area (Å²) in [4.78, 5) is 11.6. The lowest BCUT2D eigenvalue weighted by Crippen LogP contribution is -2.32. The Hall–Kier alpha value is -0.920. The van der Waals surface area contributed by atoms with Gasteiger partial charge in [0.2, 0.25) is 15.9 Å². The average Bonchev–Trinajstić information content (AvgIpc) is 2.87. The zero-order valence-corrected chi connectivity index (χ0v) is 13.1. The maximum atomic E-state index is 11.6. The van der Waals surface area contributed by atoms with Crippen molar-refractivity contribution in [3.63, 3.8) is 0 Å². The molecule has 1 heterocycles. The summed E-state index contributed by atoms with van der Waals surface area (Å²) in [5.41, 5.74) is 1.19. The number of hydrogen-bond acceptors (Lipinski definition) is 4. The maximum absolute atomic E-state index is 11.6. The van der Waals surface area contributed by atoms with Gasteiger partial charge in [-0.25, -0.2) is 12.7 Å². The topological polar surface area (TPSA) is 66.5 Å². The quantitative estimate of drug-likeness (QED) is 0.824. The fourth-order valence-electron chi connectivity index (χ4n) is 1.43. The van der Waals surface area contributed by atoms with E-state index in [9.17, 15) is 13.2 Å². The Balaban J connectivity index is 2.33. The molecule has 108 valence electrons. The summed E-state index contributed by atoms with van der Waals surface area (Å²) in [5, 5.41) is 6.81. The van der Waals surface area contributed by atoms with Gasteiger partial charge in [0.15, 0.2) is 0 Å². The summed E-state index contributed by atoms with van der Waals surface area (Å²) in [6.07, 6.45) is -0.00310. The molecule has 0 saturated carbocycles. The van der Waals surface area contributed by atoms with E-state index >= 15 is 0 Å². The van der Waals surface area contributed by atoms with E-state index in [1.807, 2.05) is 23.8 Å². The predicted octanol–water partition coefficient (Wildman–Crippen LogP) is 1.25. The SMILES string of the molecule is C[C@@H](CNC(=O)CCS(=O)(=O)N(C)C)c1ccsc1. The molecule has 0 radical (unpaired) electrons. The van der Waals surface area contributed by atoms with Gasteiger partial charge in [-0.15, -0.1) is 0 Å². The lowest BCUT2D eigenvalue weighted by Gasteiger charge is -2.13. The minimum atomic E-state index is -3.30. The highest BCUT2D eigenvalue weighted by Crippen LogP contribution is 2.17. The molecule has 0 bridgehead atoms. The third-order valence-corrected chi connectivity index (χ3v) is 5.40. The normalized spacial score (nSPS) is 13.5. The molecular formula is C12H20N2O3S2. The average molecular weight is 304 g/mol. The van der Waals surface area contributed by atoms with E-state index in [-0.39, 0.29) is 24.0 Å². The minimum absolute atomic E-state index is 0.00310. The zero-order valence-electron chi connectivity index (χ0n) is 11.4. The summed E-state index contributed by atoms with van der Waals surface area (Å²) in [6, 6.07) is 2.03. The van der Waals surface area contributed by atoms with Crippen LogP contribution in [0.3, 0.4) is 0 Å². The van der Waals surface area contributed by atoms with Crippen molar-refractivity contribution in [3.05, 3.63) is 22.4 Å². The predicted molar refractivity (Wildman–Crippen MR) is 77.8 cm³/mol. The second kappa shape index (κ2) is 7.02. The van der Waals surface area contributed by atoms with E-state index in [0.29, 0.717) is 6.54 Å². The van der Waals surface area contributed by atoms with Crippen LogP contribution < -0.4 is 5.32 Å². The second-order valence-corrected chi connectivity index (χ2v) is 7.69. The summed E-state index contributed by atoms with van der Waals surface area (Å²) in [6.45, 7) is 2.55. The van der Waals surface area contributed by atoms with Crippen LogP contribution >= 0.6 is 11.3 Å². The van der Waals surface area contributed by atoms with E-state index < -0.39 is 10.0 Å². The van der Waals surface area contributed by atoms with Gasteiger partial charge in [-0.1, -0.05) is 6.92 Å². The van der Waals surface area contributed by atoms with Crippen molar-refractivity contribution in [2.75, 3.05) is 26.4 Å². The van der Waals surface area contributed by atoms with Gasteiger partial charge in [0.25, 0.3) is 0 Å². The molecule has 0 aliphatic heterocycles. The molecule has 5 nitrogen and oxygen atoms in total. The van der Waals surface area contributed by atoms with Crippen molar-refractivity contribution >= 4 is 27.3 Å². The number of hydrogen-bond donors (Lipinski definition) is 1. The van der Waals surface area contributed by atoms with Gasteiger partial charge in [-0.2, -0.15) is 11.3 Å². The van der Waals surface area contributed by atoms with Gasteiger partial charge < -0.3 is 5.32 Å². The van der Waals surface area contributed by atoms with Gasteiger partial charge in [-0.3, -0.25) is 4.79 Å². The van der Waals surface area contributed by atoms with Crippen molar-refractivity contribution in [2.24, 2.45) is 0 Å². The monoisotopic (exact) mass is 304 g/mol. The Labute approximate surface area is 118 Å². The number of nitrogens with one attached hydrogen (secondary N) is 1. The number of sulfonamides is 1. The number of rotatable bonds is 7. The third kappa shape index (κ3) is 5.30. The highest BCUT2D eigenvalue weighted by atomic mass is 32.2. The molecule has 0 aliphatic rings. The largest absolute Gasteiger partial charge is 0.355 e. The van der Waals surface area contributed by atoms with E-state index in [2.05, 4.69) is 5.32 Å². The summed E-state index contributed by atoms with van der Waals surface area (Å²) in [7, 11) is -0.373. The lowest BCUT2D eigenvalue weighted by atomic mass is 10.1. The Morgan fingerprint density at radius 3 is 2.68 bits per heavy atom. The van der Waals surface area contributed by atoms with Crippen molar-refractivity contribution in [2.45, 2.75) is 19.3 Å². The van der Waals surface area contributed by atoms with E-state index in [1.54, 1.807) is 11.3 Å². The molecule has 0 fully saturated rings. The third-order valence-electron chi connectivity index (χ3n) is 2.86. The van der Waals surface area contributed by atoms with Gasteiger partial charge >= 0.3 is 0 Å². The van der Waals surface area contributed by atoms with Crippen LogP contribution in [0.2, 0.25) is 0 Å². The number of thiophene rings is 1. The summed E-state index contributed by atoms with van der Waals surface area (Å²) < 4.78 is 24.1. The molecule has 1 aromatic rings. The van der Waals surface area contributed by atoms with Crippen LogP contribution in [0, 0.1) is 0 Å². The molecule has 1 N–H and O–H groups in total. The first-order valence-electron chi connectivity index (χ1n) is 6.02. The second-order valence-electron chi connectivity index (χ2n) is 4.61. The van der Waals surface area contributed by atoms with E-state index in [0.717, 1.165) is 4.31 Å². The Bertz CT molecular complexity index is 495. The molecule has 1 aromatic heterocycles. The first-order chi connectivity index (χ1) is 8.83. The summed E-state index contributed by atoms with van der Waals surface area (Å²) in [5.74, 6) is -0.147. The molecule has 7 heteroatoms. The van der Waals surface area contributed by atoms with Crippen molar-refractivity contribution in [1.29, 1.82) is 0 Å². The van der Waals surface area contributed by atoms with Crippen molar-refractivity contribution in [1.82, 2.24) is 9.62 Å². The Morgan fingerprint density at radius 1 is 1.47 bits per heavy atom. The summed E-state index contributed by atoms with van der Waals surface area (Å²) >= 11 is 1.62. The molecule has 0 aliphatic carbocycles. The van der Waals surface area contributed by atoms with Crippen LogP contribution in [0.5, 0.6) is 0 Å². The Morgan fingerprint density at radius 2 is 2.16 bits per heavy atom. The lowest BCUT2D eigenvalue weighted by molar-refractivity contribution is -0.120. The van der Waals surface area contributed by atoms with E-state index in [1.165, 1.54) is 19.7 Å². The molecule has 0 saturated heterocycles. The molecule has 19 heavy (non-hydrogen) atoms. The molecule has 0 unspecified atom stereocenters. The van der Waals surface area contributed by atoms with Crippen LogP contribution in [-0.4, -0.2) is 45.0 Å². The van der Waals surface area contributed by atoms with Crippen LogP contribution in [0.25, 0.3) is 0 Å². The van der Waals surface area contributed by atoms with Crippen molar-refractivity contribution in [3.8, 4) is 0 Å². The van der Waals surface area contributed by atoms with Gasteiger partial charge in [0.1, 0.15) is 0 Å². The molecule has 1 amide bonds. The molecule has 0 aromatic carbocycles.